The van der Waals surface area contributed by atoms with Gasteiger partial charge in [-0.2, -0.15) is 4.31 Å². The minimum atomic E-state index is -4.11. The fraction of sp³-hybridized carbons (Fsp3) is 0.250. The average Bonchev–Trinajstić information content (AvgIpc) is 2.82. The van der Waals surface area contributed by atoms with Crippen molar-refractivity contribution in [2.75, 3.05) is 32.7 Å². The number of piperazine rings is 1. The van der Waals surface area contributed by atoms with Gasteiger partial charge in [-0.3, -0.25) is 14.9 Å². The molecular weight excluding hydrogens is 472 g/mol. The Hall–Kier alpha value is -3.13. The molecule has 176 valence electrons. The molecular formula is C20H22N4O7S2. The third kappa shape index (κ3) is 5.27. The molecule has 2 aromatic carbocycles. The van der Waals surface area contributed by atoms with Gasteiger partial charge in [-0.25, -0.2) is 21.6 Å². The number of benzene rings is 2. The Labute approximate surface area is 191 Å². The Bertz CT molecular complexity index is 1270. The highest BCUT2D eigenvalue weighted by molar-refractivity contribution is 7.89. The summed E-state index contributed by atoms with van der Waals surface area (Å²) in [6.07, 6.45) is 1.41. The number of amides is 1. The topological polar surface area (TPSA) is 147 Å². The molecule has 0 aromatic heterocycles. The number of hydrogen-bond donors (Lipinski definition) is 1. The first-order chi connectivity index (χ1) is 15.6. The third-order valence-electron chi connectivity index (χ3n) is 5.03. The van der Waals surface area contributed by atoms with E-state index in [0.717, 1.165) is 10.4 Å². The molecule has 1 amide bonds. The van der Waals surface area contributed by atoms with Gasteiger partial charge >= 0.3 is 0 Å². The van der Waals surface area contributed by atoms with Crippen LogP contribution in [0.5, 0.6) is 0 Å². The molecule has 11 nitrogen and oxygen atoms in total. The van der Waals surface area contributed by atoms with Crippen LogP contribution in [0.4, 0.5) is 5.69 Å². The van der Waals surface area contributed by atoms with E-state index in [1.807, 2.05) is 0 Å². The van der Waals surface area contributed by atoms with Gasteiger partial charge in [-0.05, 0) is 30.3 Å². The van der Waals surface area contributed by atoms with Crippen molar-refractivity contribution in [2.24, 2.45) is 0 Å². The number of para-hydroxylation sites is 1. The molecule has 1 heterocycles. The summed E-state index contributed by atoms with van der Waals surface area (Å²) >= 11 is 0. The van der Waals surface area contributed by atoms with Gasteiger partial charge < -0.3 is 4.90 Å². The SMILES string of the molecule is C=CCNS(=O)(=O)c1ccc(C(=O)N2CCN(S(=O)(=O)c3ccccc3[N+](=O)[O-])CC2)cc1. The summed E-state index contributed by atoms with van der Waals surface area (Å²) in [6.45, 7) is 3.63. The lowest BCUT2D eigenvalue weighted by atomic mass is 10.2. The average molecular weight is 495 g/mol. The van der Waals surface area contributed by atoms with E-state index in [1.165, 1.54) is 53.4 Å². The molecule has 1 aliphatic rings. The second-order valence-electron chi connectivity index (χ2n) is 7.09. The summed E-state index contributed by atoms with van der Waals surface area (Å²) in [7, 11) is -7.83. The van der Waals surface area contributed by atoms with E-state index < -0.39 is 35.6 Å². The van der Waals surface area contributed by atoms with Gasteiger partial charge in [0, 0.05) is 44.4 Å². The number of carbonyl (C=O) groups excluding carboxylic acids is 1. The molecule has 0 unspecified atom stereocenters. The highest BCUT2D eigenvalue weighted by Crippen LogP contribution is 2.27. The van der Waals surface area contributed by atoms with E-state index in [0.29, 0.717) is 0 Å². The number of nitrogens with one attached hydrogen (secondary N) is 1. The van der Waals surface area contributed by atoms with Crippen LogP contribution in [0.2, 0.25) is 0 Å². The zero-order valence-electron chi connectivity index (χ0n) is 17.5. The Morgan fingerprint density at radius 3 is 2.21 bits per heavy atom. The van der Waals surface area contributed by atoms with Crippen LogP contribution in [0.25, 0.3) is 0 Å². The first kappa shape index (κ1) is 24.5. The van der Waals surface area contributed by atoms with Crippen LogP contribution >= 0.6 is 0 Å². The van der Waals surface area contributed by atoms with Crippen LogP contribution in [-0.4, -0.2) is 69.6 Å². The second-order valence-corrected chi connectivity index (χ2v) is 10.8. The first-order valence-corrected chi connectivity index (χ1v) is 12.7. The normalized spacial score (nSPS) is 15.2. The molecule has 0 saturated carbocycles. The quantitative estimate of drug-likeness (QED) is 0.329. The van der Waals surface area contributed by atoms with Crippen LogP contribution < -0.4 is 4.72 Å². The highest BCUT2D eigenvalue weighted by atomic mass is 32.2. The number of carbonyl (C=O) groups is 1. The van der Waals surface area contributed by atoms with Crippen LogP contribution in [-0.2, 0) is 20.0 Å². The van der Waals surface area contributed by atoms with E-state index in [4.69, 9.17) is 0 Å². The minimum Gasteiger partial charge on any atom is -0.336 e. The maximum Gasteiger partial charge on any atom is 0.289 e. The van der Waals surface area contributed by atoms with E-state index in [1.54, 1.807) is 0 Å². The van der Waals surface area contributed by atoms with E-state index in [-0.39, 0.29) is 49.1 Å². The van der Waals surface area contributed by atoms with Gasteiger partial charge in [0.15, 0.2) is 4.90 Å². The van der Waals surface area contributed by atoms with E-state index >= 15 is 0 Å². The Balaban J connectivity index is 1.69. The molecule has 33 heavy (non-hydrogen) atoms. The van der Waals surface area contributed by atoms with E-state index in [2.05, 4.69) is 11.3 Å². The largest absolute Gasteiger partial charge is 0.336 e. The second kappa shape index (κ2) is 9.79. The van der Waals surface area contributed by atoms with Crippen LogP contribution in [0, 0.1) is 10.1 Å². The van der Waals surface area contributed by atoms with Gasteiger partial charge in [0.25, 0.3) is 11.6 Å². The van der Waals surface area contributed by atoms with Crippen LogP contribution in [0.3, 0.4) is 0 Å². The zero-order chi connectivity index (χ0) is 24.2. The highest BCUT2D eigenvalue weighted by Gasteiger charge is 2.34. The van der Waals surface area contributed by atoms with Crippen molar-refractivity contribution in [2.45, 2.75) is 9.79 Å². The molecule has 0 bridgehead atoms. The maximum absolute atomic E-state index is 12.9. The molecule has 1 saturated heterocycles. The number of rotatable bonds is 8. The summed E-state index contributed by atoms with van der Waals surface area (Å²) in [4.78, 5) is 24.3. The standard InChI is InChI=1S/C20H22N4O7S2/c1-2-11-21-32(28,29)17-9-7-16(8-10-17)20(25)22-12-14-23(15-13-22)33(30,31)19-6-4-3-5-18(19)24(26)27/h2-10,21H,1,11-15H2. The van der Waals surface area contributed by atoms with Crippen molar-refractivity contribution in [3.8, 4) is 0 Å². The lowest BCUT2D eigenvalue weighted by Gasteiger charge is -2.34. The smallest absolute Gasteiger partial charge is 0.289 e. The molecule has 1 aliphatic heterocycles. The molecule has 3 rings (SSSR count). The molecule has 1 fully saturated rings. The number of nitrogens with zero attached hydrogens (tertiary/aromatic N) is 3. The number of hydrogen-bond acceptors (Lipinski definition) is 7. The lowest BCUT2D eigenvalue weighted by molar-refractivity contribution is -0.387. The van der Waals surface area contributed by atoms with Gasteiger partial charge in [0.1, 0.15) is 0 Å². The molecule has 2 aromatic rings. The molecule has 0 radical (unpaired) electrons. The summed E-state index contributed by atoms with van der Waals surface area (Å²) in [6, 6.07) is 10.5. The van der Waals surface area contributed by atoms with Crippen molar-refractivity contribution in [3.05, 3.63) is 76.9 Å². The predicted molar refractivity (Wildman–Crippen MR) is 120 cm³/mol. The molecule has 1 N–H and O–H groups in total. The number of nitro benzene ring substituents is 1. The summed E-state index contributed by atoms with van der Waals surface area (Å²) < 4.78 is 53.5. The fourth-order valence-corrected chi connectivity index (χ4v) is 5.89. The van der Waals surface area contributed by atoms with Gasteiger partial charge in [-0.15, -0.1) is 6.58 Å². The van der Waals surface area contributed by atoms with Gasteiger partial charge in [0.2, 0.25) is 20.0 Å². The van der Waals surface area contributed by atoms with E-state index in [9.17, 15) is 31.7 Å². The Morgan fingerprint density at radius 1 is 1.03 bits per heavy atom. The molecule has 0 aliphatic carbocycles. The summed E-state index contributed by atoms with van der Waals surface area (Å²) in [5.41, 5.74) is -0.249. The monoisotopic (exact) mass is 494 g/mol. The van der Waals surface area contributed by atoms with Gasteiger partial charge in [0.05, 0.1) is 9.82 Å². The fourth-order valence-electron chi connectivity index (χ4n) is 3.31. The van der Waals surface area contributed by atoms with Crippen molar-refractivity contribution in [1.29, 1.82) is 0 Å². The molecule has 0 atom stereocenters. The first-order valence-electron chi connectivity index (χ1n) is 9.81. The number of nitro groups is 1. The third-order valence-corrected chi connectivity index (χ3v) is 8.42. The number of sulfonamides is 2. The van der Waals surface area contributed by atoms with Crippen LogP contribution in [0.1, 0.15) is 10.4 Å². The Kier molecular flexibility index (Phi) is 7.27. The summed E-state index contributed by atoms with van der Waals surface area (Å²) in [5.74, 6) is -0.374. The lowest BCUT2D eigenvalue weighted by Crippen LogP contribution is -2.50. The van der Waals surface area contributed by atoms with Crippen LogP contribution in [0.15, 0.2) is 71.0 Å². The zero-order valence-corrected chi connectivity index (χ0v) is 19.1. The maximum atomic E-state index is 12.9. The van der Waals surface area contributed by atoms with Crippen molar-refractivity contribution < 1.29 is 26.6 Å². The van der Waals surface area contributed by atoms with Crippen molar-refractivity contribution in [3.63, 3.8) is 0 Å². The molecule has 0 spiro atoms. The summed E-state index contributed by atoms with van der Waals surface area (Å²) in [5, 5.41) is 11.2. The molecule has 13 heteroatoms. The van der Waals surface area contributed by atoms with Crippen molar-refractivity contribution >= 4 is 31.6 Å². The predicted octanol–water partition coefficient (Wildman–Crippen LogP) is 1.21. The minimum absolute atomic E-state index is 0.00117. The Morgan fingerprint density at radius 2 is 1.64 bits per heavy atom. The van der Waals surface area contributed by atoms with Crippen molar-refractivity contribution in [1.82, 2.24) is 13.9 Å². The van der Waals surface area contributed by atoms with Gasteiger partial charge in [-0.1, -0.05) is 18.2 Å².